The summed E-state index contributed by atoms with van der Waals surface area (Å²) in [6.07, 6.45) is 5.82. The summed E-state index contributed by atoms with van der Waals surface area (Å²) in [6, 6.07) is 16.6. The molecule has 0 radical (unpaired) electrons. The number of halogens is 1. The van der Waals surface area contributed by atoms with Crippen molar-refractivity contribution in [2.45, 2.75) is 50.3 Å². The van der Waals surface area contributed by atoms with Crippen molar-refractivity contribution >= 4 is 17.4 Å². The van der Waals surface area contributed by atoms with Crippen LogP contribution in [-0.4, -0.2) is 44.9 Å². The number of hydrogen-bond donors (Lipinski definition) is 0. The molecule has 2 aliphatic rings. The van der Waals surface area contributed by atoms with Crippen molar-refractivity contribution in [2.24, 2.45) is 5.41 Å². The summed E-state index contributed by atoms with van der Waals surface area (Å²) in [5.41, 5.74) is 4.99. The number of aromatic nitrogens is 2. The number of fused-ring (bicyclic) bond motifs is 2. The van der Waals surface area contributed by atoms with Gasteiger partial charge in [-0.15, -0.1) is 4.31 Å². The molecular formula is C30H33FN4O2S. The Balaban J connectivity index is 1.43. The predicted octanol–water partition coefficient (Wildman–Crippen LogP) is 5.59. The first-order valence-electron chi connectivity index (χ1n) is 13.0. The van der Waals surface area contributed by atoms with E-state index in [0.717, 1.165) is 28.3 Å². The van der Waals surface area contributed by atoms with Crippen LogP contribution in [0, 0.1) is 22.6 Å². The highest BCUT2D eigenvalue weighted by Crippen LogP contribution is 2.45. The quantitative estimate of drug-likeness (QED) is 0.293. The maximum atomic E-state index is 13.7. The molecule has 1 aromatic heterocycles. The lowest BCUT2D eigenvalue weighted by Crippen LogP contribution is -2.51. The first kappa shape index (κ1) is 26.6. The molecule has 198 valence electrons. The fraction of sp³-hybridized carbons (Fsp3) is 0.400. The van der Waals surface area contributed by atoms with Gasteiger partial charge in [0.15, 0.2) is 4.90 Å². The van der Waals surface area contributed by atoms with E-state index in [1.807, 2.05) is 27.3 Å². The summed E-state index contributed by atoms with van der Waals surface area (Å²) in [5.74, 6) is -0.282. The highest BCUT2D eigenvalue weighted by Gasteiger charge is 2.46. The van der Waals surface area contributed by atoms with Gasteiger partial charge >= 0.3 is 0 Å². The first-order chi connectivity index (χ1) is 18.2. The maximum Gasteiger partial charge on any atom is 0.174 e. The SMILES string of the molecule is CC(C)(C)c1ccc([S+]([O-])N2CCC3=Cc4c(cnn4-c4ccc(F)cc4)C[C@]3(COCCC#N)C2)cc1. The third kappa shape index (κ3) is 5.29. The second kappa shape index (κ2) is 10.7. The van der Waals surface area contributed by atoms with Gasteiger partial charge in [-0.1, -0.05) is 38.5 Å². The molecule has 2 atom stereocenters. The summed E-state index contributed by atoms with van der Waals surface area (Å²) in [4.78, 5) is 0.798. The van der Waals surface area contributed by atoms with E-state index in [1.165, 1.54) is 23.3 Å². The standard InChI is InChI=1S/C30H33FN4O2S/c1-29(2,3)23-5-11-27(12-6-23)38(36)34-15-13-24-17-28-22(18-30(24,20-34)21-37-16-4-14-32)19-33-35(28)26-9-7-25(31)8-10-26/h5-12,17,19H,4,13,15-16,18,20-21H2,1-3H3/t30-,38?/m1/s1. The topological polar surface area (TPSA) is 77.1 Å². The smallest absolute Gasteiger partial charge is 0.174 e. The average Bonchev–Trinajstić information content (AvgIpc) is 3.31. The van der Waals surface area contributed by atoms with Crippen molar-refractivity contribution in [1.82, 2.24) is 14.1 Å². The molecule has 1 aliphatic carbocycles. The molecule has 2 aromatic carbocycles. The summed E-state index contributed by atoms with van der Waals surface area (Å²) >= 11 is -1.30. The second-order valence-electron chi connectivity index (χ2n) is 11.2. The Morgan fingerprint density at radius 1 is 1.16 bits per heavy atom. The predicted molar refractivity (Wildman–Crippen MR) is 146 cm³/mol. The first-order valence-corrected chi connectivity index (χ1v) is 14.1. The minimum absolute atomic E-state index is 0.0355. The maximum absolute atomic E-state index is 13.7. The van der Waals surface area contributed by atoms with Crippen molar-refractivity contribution in [3.63, 3.8) is 0 Å². The van der Waals surface area contributed by atoms with Crippen LogP contribution in [0.1, 0.15) is 50.4 Å². The Kier molecular flexibility index (Phi) is 7.47. The number of nitriles is 1. The van der Waals surface area contributed by atoms with Gasteiger partial charge in [0.25, 0.3) is 0 Å². The molecule has 5 rings (SSSR count). The highest BCUT2D eigenvalue weighted by molar-refractivity contribution is 7.89. The molecule has 0 amide bonds. The second-order valence-corrected chi connectivity index (χ2v) is 12.7. The van der Waals surface area contributed by atoms with Crippen LogP contribution in [0.25, 0.3) is 11.8 Å². The molecule has 1 saturated heterocycles. The van der Waals surface area contributed by atoms with Crippen molar-refractivity contribution in [3.05, 3.63) is 82.9 Å². The van der Waals surface area contributed by atoms with Gasteiger partial charge in [0.2, 0.25) is 0 Å². The minimum atomic E-state index is -1.30. The number of ether oxygens (including phenoxy) is 1. The molecule has 0 saturated carbocycles. The van der Waals surface area contributed by atoms with Gasteiger partial charge in [-0.25, -0.2) is 9.07 Å². The van der Waals surface area contributed by atoms with Crippen LogP contribution in [-0.2, 0) is 27.9 Å². The van der Waals surface area contributed by atoms with Crippen molar-refractivity contribution in [3.8, 4) is 11.8 Å². The van der Waals surface area contributed by atoms with Crippen LogP contribution in [0.3, 0.4) is 0 Å². The molecule has 1 fully saturated rings. The molecule has 1 unspecified atom stereocenters. The Morgan fingerprint density at radius 2 is 1.89 bits per heavy atom. The molecule has 3 aromatic rings. The average molecular weight is 533 g/mol. The van der Waals surface area contributed by atoms with Gasteiger partial charge < -0.3 is 9.29 Å². The number of rotatable bonds is 7. The van der Waals surface area contributed by atoms with E-state index in [4.69, 9.17) is 10.00 Å². The zero-order chi connectivity index (χ0) is 26.9. The minimum Gasteiger partial charge on any atom is -0.593 e. The highest BCUT2D eigenvalue weighted by atomic mass is 32.2. The van der Waals surface area contributed by atoms with E-state index in [2.05, 4.69) is 50.1 Å². The summed E-state index contributed by atoms with van der Waals surface area (Å²) in [5, 5.41) is 13.6. The van der Waals surface area contributed by atoms with E-state index in [-0.39, 0.29) is 16.6 Å². The van der Waals surface area contributed by atoms with Crippen LogP contribution >= 0.6 is 0 Å². The lowest BCUT2D eigenvalue weighted by molar-refractivity contribution is 0.0437. The lowest BCUT2D eigenvalue weighted by Gasteiger charge is -2.45. The molecule has 0 N–H and O–H groups in total. The molecule has 8 heteroatoms. The monoisotopic (exact) mass is 532 g/mol. The number of benzene rings is 2. The summed E-state index contributed by atoms with van der Waals surface area (Å²) in [7, 11) is 0. The molecule has 1 aliphatic heterocycles. The molecule has 6 nitrogen and oxygen atoms in total. The van der Waals surface area contributed by atoms with Crippen LogP contribution in [0.5, 0.6) is 0 Å². The van der Waals surface area contributed by atoms with Gasteiger partial charge in [-0.2, -0.15) is 10.4 Å². The van der Waals surface area contributed by atoms with E-state index in [1.54, 1.807) is 12.1 Å². The molecule has 0 spiro atoms. The van der Waals surface area contributed by atoms with E-state index in [9.17, 15) is 8.94 Å². The van der Waals surface area contributed by atoms with Gasteiger partial charge in [0.1, 0.15) is 5.82 Å². The van der Waals surface area contributed by atoms with E-state index < -0.39 is 11.4 Å². The zero-order valence-corrected chi connectivity index (χ0v) is 22.9. The number of hydrogen-bond acceptors (Lipinski definition) is 5. The Labute approximate surface area is 227 Å². The van der Waals surface area contributed by atoms with Crippen LogP contribution in [0.2, 0.25) is 0 Å². The third-order valence-electron chi connectivity index (χ3n) is 7.48. The van der Waals surface area contributed by atoms with Crippen LogP contribution < -0.4 is 0 Å². The molecule has 38 heavy (non-hydrogen) atoms. The summed E-state index contributed by atoms with van der Waals surface area (Å²) < 4.78 is 37.1. The van der Waals surface area contributed by atoms with E-state index >= 15 is 0 Å². The van der Waals surface area contributed by atoms with Gasteiger partial charge in [-0.05, 0) is 71.9 Å². The fourth-order valence-electron chi connectivity index (χ4n) is 5.36. The fourth-order valence-corrected chi connectivity index (χ4v) is 6.65. The summed E-state index contributed by atoms with van der Waals surface area (Å²) in [6.45, 7) is 8.57. The Bertz CT molecular complexity index is 1350. The Hall–Kier alpha value is -2.96. The molecule has 0 bridgehead atoms. The van der Waals surface area contributed by atoms with Crippen LogP contribution in [0.15, 0.2) is 65.2 Å². The normalized spacial score (nSPS) is 20.3. The largest absolute Gasteiger partial charge is 0.593 e. The Morgan fingerprint density at radius 3 is 2.58 bits per heavy atom. The lowest BCUT2D eigenvalue weighted by atomic mass is 9.69. The van der Waals surface area contributed by atoms with E-state index in [0.29, 0.717) is 39.1 Å². The molecular weight excluding hydrogens is 499 g/mol. The number of piperidine rings is 1. The molecule has 2 heterocycles. The van der Waals surface area contributed by atoms with Gasteiger partial charge in [-0.3, -0.25) is 0 Å². The van der Waals surface area contributed by atoms with Crippen LogP contribution in [0.4, 0.5) is 4.39 Å². The number of nitrogens with zero attached hydrogens (tertiary/aromatic N) is 4. The van der Waals surface area contributed by atoms with Crippen molar-refractivity contribution in [1.29, 1.82) is 5.26 Å². The zero-order valence-electron chi connectivity index (χ0n) is 22.1. The van der Waals surface area contributed by atoms with Gasteiger partial charge in [0.05, 0.1) is 61.2 Å². The van der Waals surface area contributed by atoms with Crippen molar-refractivity contribution < 1.29 is 13.7 Å². The third-order valence-corrected chi connectivity index (χ3v) is 8.94. The van der Waals surface area contributed by atoms with Crippen molar-refractivity contribution in [2.75, 3.05) is 26.3 Å². The van der Waals surface area contributed by atoms with Gasteiger partial charge in [0, 0.05) is 12.0 Å².